The monoisotopic (exact) mass is 446 g/mol. The number of amides is 1. The number of aryl methyl sites for hydroxylation is 1. The van der Waals surface area contributed by atoms with Crippen molar-refractivity contribution in [2.45, 2.75) is 19.1 Å². The molecule has 1 aliphatic heterocycles. The van der Waals surface area contributed by atoms with Crippen molar-refractivity contribution < 1.29 is 9.90 Å². The van der Waals surface area contributed by atoms with E-state index in [0.717, 1.165) is 32.3 Å². The molecule has 0 saturated heterocycles. The second-order valence-electron chi connectivity index (χ2n) is 7.42. The van der Waals surface area contributed by atoms with Gasteiger partial charge in [0.2, 0.25) is 0 Å². The van der Waals surface area contributed by atoms with Crippen LogP contribution >= 0.6 is 15.9 Å². The fourth-order valence-electron chi connectivity index (χ4n) is 4.36. The first-order chi connectivity index (χ1) is 14.0. The van der Waals surface area contributed by atoms with Crippen LogP contribution in [0.25, 0.3) is 10.9 Å². The zero-order chi connectivity index (χ0) is 20.2. The molecule has 0 spiro atoms. The summed E-state index contributed by atoms with van der Waals surface area (Å²) < 4.78 is 0.821. The number of rotatable bonds is 3. The number of nitrogens with zero attached hydrogens (tertiary/aromatic N) is 1. The molecule has 0 bridgehead atoms. The van der Waals surface area contributed by atoms with Crippen molar-refractivity contribution in [2.24, 2.45) is 0 Å². The summed E-state index contributed by atoms with van der Waals surface area (Å²) in [6.07, 6.45) is 0. The largest absolute Gasteiger partial charge is 0.372 e. The van der Waals surface area contributed by atoms with Gasteiger partial charge in [0.15, 0.2) is 5.60 Å². The van der Waals surface area contributed by atoms with Crippen molar-refractivity contribution >= 4 is 38.4 Å². The van der Waals surface area contributed by atoms with Crippen LogP contribution in [0.4, 0.5) is 5.69 Å². The Labute approximate surface area is 176 Å². The van der Waals surface area contributed by atoms with E-state index in [1.165, 1.54) is 0 Å². The maximum Gasteiger partial charge on any atom is 0.268 e. The van der Waals surface area contributed by atoms with Gasteiger partial charge in [-0.2, -0.15) is 0 Å². The SMILES string of the molecule is Cc1[nH]c2ccccc2c1[C@]1(O)C(=O)N(Cc2ccccc2)c2ccc(Br)cc21. The molecule has 1 aromatic heterocycles. The fourth-order valence-corrected chi connectivity index (χ4v) is 4.72. The van der Waals surface area contributed by atoms with Gasteiger partial charge in [-0.15, -0.1) is 0 Å². The molecule has 0 aliphatic carbocycles. The van der Waals surface area contributed by atoms with Gasteiger partial charge in [-0.05, 0) is 36.8 Å². The van der Waals surface area contributed by atoms with E-state index >= 15 is 0 Å². The number of para-hydroxylation sites is 1. The van der Waals surface area contributed by atoms with Gasteiger partial charge in [-0.3, -0.25) is 4.79 Å². The Morgan fingerprint density at radius 2 is 1.76 bits per heavy atom. The number of hydrogen-bond acceptors (Lipinski definition) is 2. The number of anilines is 1. The molecule has 0 unspecified atom stereocenters. The van der Waals surface area contributed by atoms with E-state index in [9.17, 15) is 9.90 Å². The van der Waals surface area contributed by atoms with Crippen molar-refractivity contribution in [1.29, 1.82) is 0 Å². The summed E-state index contributed by atoms with van der Waals surface area (Å²) in [7, 11) is 0. The number of nitrogens with one attached hydrogen (secondary N) is 1. The predicted octanol–water partition coefficient (Wildman–Crippen LogP) is 5.02. The number of halogens is 1. The molecular weight excluding hydrogens is 428 g/mol. The highest BCUT2D eigenvalue weighted by molar-refractivity contribution is 9.10. The number of fused-ring (bicyclic) bond motifs is 2. The minimum Gasteiger partial charge on any atom is -0.372 e. The third-order valence-electron chi connectivity index (χ3n) is 5.63. The highest BCUT2D eigenvalue weighted by atomic mass is 79.9. The van der Waals surface area contributed by atoms with Crippen LogP contribution in [0.15, 0.2) is 77.3 Å². The molecule has 2 heterocycles. The Kier molecular flexibility index (Phi) is 4.12. The van der Waals surface area contributed by atoms with E-state index in [-0.39, 0.29) is 5.91 Å². The lowest BCUT2D eigenvalue weighted by Gasteiger charge is -2.24. The number of carbonyl (C=O) groups excluding carboxylic acids is 1. The molecular formula is C24H19BrN2O2. The highest BCUT2D eigenvalue weighted by Crippen LogP contribution is 2.48. The zero-order valence-corrected chi connectivity index (χ0v) is 17.4. The molecule has 4 nitrogen and oxygen atoms in total. The Morgan fingerprint density at radius 3 is 2.55 bits per heavy atom. The van der Waals surface area contributed by atoms with E-state index in [2.05, 4.69) is 20.9 Å². The number of hydrogen-bond donors (Lipinski definition) is 2. The molecule has 0 radical (unpaired) electrons. The summed E-state index contributed by atoms with van der Waals surface area (Å²) >= 11 is 3.51. The maximum absolute atomic E-state index is 13.7. The van der Waals surface area contributed by atoms with Gasteiger partial charge in [0.25, 0.3) is 5.91 Å². The summed E-state index contributed by atoms with van der Waals surface area (Å²) in [5.41, 5.74) is 2.89. The van der Waals surface area contributed by atoms with Crippen LogP contribution in [-0.2, 0) is 16.9 Å². The van der Waals surface area contributed by atoms with Gasteiger partial charge >= 0.3 is 0 Å². The second kappa shape index (κ2) is 6.58. The van der Waals surface area contributed by atoms with Crippen molar-refractivity contribution in [1.82, 2.24) is 4.98 Å². The van der Waals surface area contributed by atoms with Crippen LogP contribution in [0.5, 0.6) is 0 Å². The van der Waals surface area contributed by atoms with E-state index in [0.29, 0.717) is 17.7 Å². The molecule has 0 fully saturated rings. The van der Waals surface area contributed by atoms with Gasteiger partial charge in [-0.1, -0.05) is 64.5 Å². The summed E-state index contributed by atoms with van der Waals surface area (Å²) in [6, 6.07) is 23.2. The first kappa shape index (κ1) is 18.2. The first-order valence-electron chi connectivity index (χ1n) is 9.46. The topological polar surface area (TPSA) is 56.3 Å². The lowest BCUT2D eigenvalue weighted by atomic mass is 9.85. The molecule has 2 N–H and O–H groups in total. The van der Waals surface area contributed by atoms with Crippen LogP contribution in [-0.4, -0.2) is 16.0 Å². The van der Waals surface area contributed by atoms with Crippen LogP contribution in [0.2, 0.25) is 0 Å². The predicted molar refractivity (Wildman–Crippen MR) is 118 cm³/mol. The van der Waals surface area contributed by atoms with Crippen molar-refractivity contribution in [3.8, 4) is 0 Å². The summed E-state index contributed by atoms with van der Waals surface area (Å²) in [4.78, 5) is 18.7. The lowest BCUT2D eigenvalue weighted by molar-refractivity contribution is -0.132. The van der Waals surface area contributed by atoms with E-state index in [1.807, 2.05) is 79.7 Å². The Balaban J connectivity index is 1.74. The minimum atomic E-state index is -1.75. The average Bonchev–Trinajstić information content (AvgIpc) is 3.16. The number of H-pyrrole nitrogens is 1. The Bertz CT molecular complexity index is 1250. The number of aliphatic hydroxyl groups is 1. The standard InChI is InChI=1S/C24H19BrN2O2/c1-15-22(18-9-5-6-10-20(18)26-15)24(29)19-13-17(25)11-12-21(19)27(23(24)28)14-16-7-3-2-4-8-16/h2-13,26,29H,14H2,1H3/t24-/m0/s1. The summed E-state index contributed by atoms with van der Waals surface area (Å²) in [5, 5.41) is 12.8. The number of benzene rings is 3. The molecule has 29 heavy (non-hydrogen) atoms. The zero-order valence-electron chi connectivity index (χ0n) is 15.8. The molecule has 3 aromatic carbocycles. The lowest BCUT2D eigenvalue weighted by Crippen LogP contribution is -2.41. The highest BCUT2D eigenvalue weighted by Gasteiger charge is 2.53. The maximum atomic E-state index is 13.7. The van der Waals surface area contributed by atoms with E-state index < -0.39 is 5.60 Å². The smallest absolute Gasteiger partial charge is 0.268 e. The fraction of sp³-hybridized carbons (Fsp3) is 0.125. The van der Waals surface area contributed by atoms with Gasteiger partial charge in [0, 0.05) is 32.2 Å². The van der Waals surface area contributed by atoms with E-state index in [4.69, 9.17) is 0 Å². The molecule has 144 valence electrons. The van der Waals surface area contributed by atoms with E-state index in [1.54, 1.807) is 4.90 Å². The quantitative estimate of drug-likeness (QED) is 0.463. The molecule has 4 aromatic rings. The van der Waals surface area contributed by atoms with Crippen molar-refractivity contribution in [3.63, 3.8) is 0 Å². The third kappa shape index (κ3) is 2.65. The molecule has 1 aliphatic rings. The molecule has 5 rings (SSSR count). The molecule has 5 heteroatoms. The average molecular weight is 447 g/mol. The van der Waals surface area contributed by atoms with Crippen LogP contribution in [0, 0.1) is 6.92 Å². The van der Waals surface area contributed by atoms with Crippen molar-refractivity contribution in [2.75, 3.05) is 4.90 Å². The minimum absolute atomic E-state index is 0.331. The molecule has 1 amide bonds. The van der Waals surface area contributed by atoms with Crippen LogP contribution in [0.3, 0.4) is 0 Å². The Morgan fingerprint density at radius 1 is 1.03 bits per heavy atom. The number of aromatic amines is 1. The summed E-state index contributed by atoms with van der Waals surface area (Å²) in [5.74, 6) is -0.331. The Hall–Kier alpha value is -2.89. The van der Waals surface area contributed by atoms with Gasteiger partial charge in [0.05, 0.1) is 12.2 Å². The van der Waals surface area contributed by atoms with Gasteiger partial charge in [0.1, 0.15) is 0 Å². The second-order valence-corrected chi connectivity index (χ2v) is 8.34. The van der Waals surface area contributed by atoms with Crippen molar-refractivity contribution in [3.05, 3.63) is 99.7 Å². The normalized spacial score (nSPS) is 18.4. The van der Waals surface area contributed by atoms with Gasteiger partial charge < -0.3 is 15.0 Å². The molecule has 0 saturated carbocycles. The summed E-state index contributed by atoms with van der Waals surface area (Å²) in [6.45, 7) is 2.30. The number of aromatic nitrogens is 1. The van der Waals surface area contributed by atoms with Gasteiger partial charge in [-0.25, -0.2) is 0 Å². The van der Waals surface area contributed by atoms with Crippen LogP contribution in [0.1, 0.15) is 22.4 Å². The molecule has 1 atom stereocenters. The third-order valence-corrected chi connectivity index (χ3v) is 6.13. The number of carbonyl (C=O) groups is 1. The first-order valence-corrected chi connectivity index (χ1v) is 10.3. The van der Waals surface area contributed by atoms with Crippen LogP contribution < -0.4 is 4.90 Å².